The van der Waals surface area contributed by atoms with Gasteiger partial charge >= 0.3 is 6.18 Å². The van der Waals surface area contributed by atoms with Gasteiger partial charge in [-0.15, -0.1) is 0 Å². The molecular formula is C12H9ClF3N3S. The lowest BCUT2D eigenvalue weighted by atomic mass is 10.2. The van der Waals surface area contributed by atoms with Crippen LogP contribution >= 0.6 is 23.4 Å². The number of nitrogens with two attached hydrogens (primary N) is 1. The zero-order valence-electron chi connectivity index (χ0n) is 10.2. The van der Waals surface area contributed by atoms with E-state index >= 15 is 0 Å². The molecule has 0 aliphatic rings. The van der Waals surface area contributed by atoms with Gasteiger partial charge in [-0.05, 0) is 36.7 Å². The van der Waals surface area contributed by atoms with Crippen molar-refractivity contribution >= 4 is 29.1 Å². The number of alkyl halides is 3. The van der Waals surface area contributed by atoms with Crippen LogP contribution in [-0.2, 0) is 6.18 Å². The molecule has 1 aromatic heterocycles. The molecule has 0 bridgehead atoms. The summed E-state index contributed by atoms with van der Waals surface area (Å²) in [7, 11) is 0. The topological polar surface area (TPSA) is 51.8 Å². The van der Waals surface area contributed by atoms with Crippen LogP contribution in [0.4, 0.5) is 18.9 Å². The standard InChI is InChI=1S/C12H9ClF3N3S/c1-6-5-18-11(13)19-10(6)20-7-2-3-9(17)8(4-7)12(14,15)16/h2-5H,17H2,1H3. The number of anilines is 1. The lowest BCUT2D eigenvalue weighted by Gasteiger charge is -2.11. The van der Waals surface area contributed by atoms with Crippen LogP contribution in [0.3, 0.4) is 0 Å². The number of hydrogen-bond donors (Lipinski definition) is 1. The summed E-state index contributed by atoms with van der Waals surface area (Å²) in [5.74, 6) is 0. The summed E-state index contributed by atoms with van der Waals surface area (Å²) in [6.45, 7) is 1.75. The fraction of sp³-hybridized carbons (Fsp3) is 0.167. The van der Waals surface area contributed by atoms with Crippen LogP contribution in [0.15, 0.2) is 34.3 Å². The van der Waals surface area contributed by atoms with Crippen LogP contribution in [0.2, 0.25) is 5.28 Å². The highest BCUT2D eigenvalue weighted by atomic mass is 35.5. The van der Waals surface area contributed by atoms with Crippen molar-refractivity contribution < 1.29 is 13.2 Å². The molecule has 106 valence electrons. The Labute approximate surface area is 122 Å². The Bertz CT molecular complexity index is 646. The maximum Gasteiger partial charge on any atom is 0.418 e. The van der Waals surface area contributed by atoms with Crippen molar-refractivity contribution in [1.29, 1.82) is 0 Å². The van der Waals surface area contributed by atoms with E-state index in [0.29, 0.717) is 9.92 Å². The Morgan fingerprint density at radius 2 is 2.00 bits per heavy atom. The second kappa shape index (κ2) is 5.49. The van der Waals surface area contributed by atoms with Crippen molar-refractivity contribution in [3.63, 3.8) is 0 Å². The first-order valence-corrected chi connectivity index (χ1v) is 6.60. The van der Waals surface area contributed by atoms with Crippen molar-refractivity contribution in [3.05, 3.63) is 40.8 Å². The van der Waals surface area contributed by atoms with Gasteiger partial charge in [-0.1, -0.05) is 11.8 Å². The molecule has 2 rings (SSSR count). The summed E-state index contributed by atoms with van der Waals surface area (Å²) >= 11 is 6.75. The Morgan fingerprint density at radius 1 is 1.30 bits per heavy atom. The minimum absolute atomic E-state index is 0.0459. The maximum atomic E-state index is 12.8. The first-order valence-electron chi connectivity index (χ1n) is 5.41. The summed E-state index contributed by atoms with van der Waals surface area (Å²) in [4.78, 5) is 8.16. The van der Waals surface area contributed by atoms with Gasteiger partial charge in [0.25, 0.3) is 0 Å². The highest BCUT2D eigenvalue weighted by Gasteiger charge is 2.33. The van der Waals surface area contributed by atoms with Crippen LogP contribution in [0.5, 0.6) is 0 Å². The number of halogens is 4. The molecule has 1 heterocycles. The normalized spacial score (nSPS) is 11.7. The van der Waals surface area contributed by atoms with E-state index in [9.17, 15) is 13.2 Å². The molecule has 1 aromatic carbocycles. The van der Waals surface area contributed by atoms with Gasteiger partial charge in [0.2, 0.25) is 5.28 Å². The van der Waals surface area contributed by atoms with Gasteiger partial charge in [0.05, 0.1) is 5.56 Å². The van der Waals surface area contributed by atoms with Crippen molar-refractivity contribution in [2.45, 2.75) is 23.0 Å². The molecule has 2 N–H and O–H groups in total. The molecule has 3 nitrogen and oxygen atoms in total. The Kier molecular flexibility index (Phi) is 4.10. The molecule has 2 aromatic rings. The average molecular weight is 320 g/mol. The fourth-order valence-electron chi connectivity index (χ4n) is 1.47. The largest absolute Gasteiger partial charge is 0.418 e. The number of aromatic nitrogens is 2. The minimum atomic E-state index is -4.49. The van der Waals surface area contributed by atoms with Crippen LogP contribution in [-0.4, -0.2) is 9.97 Å². The first kappa shape index (κ1) is 14.9. The number of aryl methyl sites for hydroxylation is 1. The monoisotopic (exact) mass is 319 g/mol. The van der Waals surface area contributed by atoms with Gasteiger partial charge < -0.3 is 5.73 Å². The van der Waals surface area contributed by atoms with Crippen molar-refractivity contribution in [2.75, 3.05) is 5.73 Å². The highest BCUT2D eigenvalue weighted by Crippen LogP contribution is 2.37. The molecule has 20 heavy (non-hydrogen) atoms. The third-order valence-electron chi connectivity index (χ3n) is 2.44. The molecule has 0 saturated heterocycles. The fourth-order valence-corrected chi connectivity index (χ4v) is 2.53. The van der Waals surface area contributed by atoms with Crippen LogP contribution in [0.1, 0.15) is 11.1 Å². The number of hydrogen-bond acceptors (Lipinski definition) is 4. The molecule has 0 spiro atoms. The summed E-state index contributed by atoms with van der Waals surface area (Å²) in [5.41, 5.74) is 4.91. The first-order chi connectivity index (χ1) is 9.27. The van der Waals surface area contributed by atoms with Crippen LogP contribution < -0.4 is 5.73 Å². The van der Waals surface area contributed by atoms with E-state index in [1.54, 1.807) is 6.92 Å². The second-order valence-electron chi connectivity index (χ2n) is 3.98. The summed E-state index contributed by atoms with van der Waals surface area (Å²) in [6.07, 6.45) is -2.97. The third kappa shape index (κ3) is 3.34. The SMILES string of the molecule is Cc1cnc(Cl)nc1Sc1ccc(N)c(C(F)(F)F)c1. The molecule has 0 radical (unpaired) electrons. The average Bonchev–Trinajstić information content (AvgIpc) is 2.35. The lowest BCUT2D eigenvalue weighted by molar-refractivity contribution is -0.137. The summed E-state index contributed by atoms with van der Waals surface area (Å²) in [6, 6.07) is 3.73. The quantitative estimate of drug-likeness (QED) is 0.512. The molecule has 0 saturated carbocycles. The molecule has 0 fully saturated rings. The van der Waals surface area contributed by atoms with Crippen molar-refractivity contribution in [1.82, 2.24) is 9.97 Å². The van der Waals surface area contributed by atoms with E-state index in [2.05, 4.69) is 9.97 Å². The van der Waals surface area contributed by atoms with E-state index in [1.165, 1.54) is 18.3 Å². The van der Waals surface area contributed by atoms with Crippen LogP contribution in [0, 0.1) is 6.92 Å². The smallest absolute Gasteiger partial charge is 0.398 e. The Balaban J connectivity index is 2.37. The van der Waals surface area contributed by atoms with E-state index in [-0.39, 0.29) is 11.0 Å². The zero-order chi connectivity index (χ0) is 14.9. The summed E-state index contributed by atoms with van der Waals surface area (Å²) < 4.78 is 38.3. The highest BCUT2D eigenvalue weighted by molar-refractivity contribution is 7.99. The van der Waals surface area contributed by atoms with E-state index in [0.717, 1.165) is 23.4 Å². The zero-order valence-corrected chi connectivity index (χ0v) is 11.8. The van der Waals surface area contributed by atoms with Crippen molar-refractivity contribution in [2.24, 2.45) is 0 Å². The third-order valence-corrected chi connectivity index (χ3v) is 3.72. The van der Waals surface area contributed by atoms with E-state index in [1.807, 2.05) is 0 Å². The van der Waals surface area contributed by atoms with E-state index in [4.69, 9.17) is 17.3 Å². The predicted octanol–water partition coefficient (Wildman–Crippen LogP) is 4.19. The Hall–Kier alpha value is -1.47. The molecular weight excluding hydrogens is 311 g/mol. The van der Waals surface area contributed by atoms with Gasteiger partial charge in [-0.3, -0.25) is 0 Å². The van der Waals surface area contributed by atoms with Gasteiger partial charge in [0.15, 0.2) is 0 Å². The molecule has 0 unspecified atom stereocenters. The van der Waals surface area contributed by atoms with Gasteiger partial charge in [0.1, 0.15) is 5.03 Å². The number of nitrogen functional groups attached to an aromatic ring is 1. The minimum Gasteiger partial charge on any atom is -0.398 e. The number of benzene rings is 1. The van der Waals surface area contributed by atoms with Crippen LogP contribution in [0.25, 0.3) is 0 Å². The van der Waals surface area contributed by atoms with Crippen molar-refractivity contribution in [3.8, 4) is 0 Å². The molecule has 0 aliphatic heterocycles. The van der Waals surface area contributed by atoms with Gasteiger partial charge in [-0.25, -0.2) is 9.97 Å². The van der Waals surface area contributed by atoms with E-state index < -0.39 is 11.7 Å². The predicted molar refractivity (Wildman–Crippen MR) is 71.8 cm³/mol. The number of rotatable bonds is 2. The molecule has 8 heteroatoms. The van der Waals surface area contributed by atoms with Gasteiger partial charge in [0, 0.05) is 22.3 Å². The number of nitrogens with zero attached hydrogens (tertiary/aromatic N) is 2. The van der Waals surface area contributed by atoms with Gasteiger partial charge in [-0.2, -0.15) is 13.2 Å². The summed E-state index contributed by atoms with van der Waals surface area (Å²) in [5, 5.41) is 0.549. The lowest BCUT2D eigenvalue weighted by Crippen LogP contribution is -2.08. The second-order valence-corrected chi connectivity index (χ2v) is 5.38. The molecule has 0 aliphatic carbocycles. The molecule has 0 atom stereocenters. The molecule has 0 amide bonds. The maximum absolute atomic E-state index is 12.8. The Morgan fingerprint density at radius 3 is 2.65 bits per heavy atom.